The zero-order chi connectivity index (χ0) is 15.0. The van der Waals surface area contributed by atoms with Gasteiger partial charge in [0.1, 0.15) is 5.82 Å². The van der Waals surface area contributed by atoms with Gasteiger partial charge in [-0.1, -0.05) is 41.4 Å². The summed E-state index contributed by atoms with van der Waals surface area (Å²) in [5.41, 5.74) is 0.341. The predicted octanol–water partition coefficient (Wildman–Crippen LogP) is 4.55. The molecule has 2 nitrogen and oxygen atoms in total. The number of nitrogens with one attached hydrogen (secondary N) is 1. The lowest BCUT2D eigenvalue weighted by Gasteiger charge is -2.19. The lowest BCUT2D eigenvalue weighted by Crippen LogP contribution is -2.35. The molecule has 0 aromatic heterocycles. The van der Waals surface area contributed by atoms with E-state index in [0.717, 1.165) is 18.4 Å². The Bertz CT molecular complexity index is 713. The van der Waals surface area contributed by atoms with E-state index in [1.54, 1.807) is 30.3 Å². The van der Waals surface area contributed by atoms with E-state index in [0.29, 0.717) is 10.0 Å². The highest BCUT2D eigenvalue weighted by Gasteiger charge is 2.47. The quantitative estimate of drug-likeness (QED) is 0.881. The summed E-state index contributed by atoms with van der Waals surface area (Å²) in [5, 5.41) is 3.94. The molecule has 1 aliphatic rings. The van der Waals surface area contributed by atoms with E-state index >= 15 is 0 Å². The fraction of sp³-hybridized carbons (Fsp3) is 0.188. The summed E-state index contributed by atoms with van der Waals surface area (Å²) < 4.78 is 13.7. The Balaban J connectivity index is 1.87. The van der Waals surface area contributed by atoms with E-state index in [9.17, 15) is 9.18 Å². The number of carbonyl (C=O) groups excluding carboxylic acids is 1. The predicted molar refractivity (Wildman–Crippen MR) is 81.2 cm³/mol. The Morgan fingerprint density at radius 1 is 1.14 bits per heavy atom. The number of hydrogen-bond acceptors (Lipinski definition) is 1. The van der Waals surface area contributed by atoms with Crippen LogP contribution in [0.5, 0.6) is 0 Å². The van der Waals surface area contributed by atoms with Crippen LogP contribution in [0.15, 0.2) is 42.5 Å². The van der Waals surface area contributed by atoms with Crippen molar-refractivity contribution in [3.8, 4) is 0 Å². The Hall–Kier alpha value is -1.58. The Kier molecular flexibility index (Phi) is 3.64. The standard InChI is InChI=1S/C16H12Cl2FNO/c17-10-5-6-12(13(18)9-10)16(7-8-16)20-15(21)11-3-1-2-4-14(11)19/h1-6,9H,7-8H2,(H,20,21). The second kappa shape index (κ2) is 5.32. The van der Waals surface area contributed by atoms with Gasteiger partial charge < -0.3 is 5.32 Å². The first kappa shape index (κ1) is 14.4. The minimum absolute atomic E-state index is 0.0360. The highest BCUT2D eigenvalue weighted by Crippen LogP contribution is 2.48. The van der Waals surface area contributed by atoms with Crippen molar-refractivity contribution in [2.75, 3.05) is 0 Å². The molecule has 108 valence electrons. The van der Waals surface area contributed by atoms with Crippen molar-refractivity contribution in [2.45, 2.75) is 18.4 Å². The Morgan fingerprint density at radius 2 is 1.86 bits per heavy atom. The Morgan fingerprint density at radius 3 is 2.48 bits per heavy atom. The molecule has 0 radical (unpaired) electrons. The van der Waals surface area contributed by atoms with Crippen molar-refractivity contribution in [3.63, 3.8) is 0 Å². The first-order valence-corrected chi connectivity index (χ1v) is 7.30. The van der Waals surface area contributed by atoms with Gasteiger partial charge in [-0.15, -0.1) is 0 Å². The summed E-state index contributed by atoms with van der Waals surface area (Å²) >= 11 is 12.1. The molecule has 1 aliphatic carbocycles. The van der Waals surface area contributed by atoms with E-state index in [-0.39, 0.29) is 5.56 Å². The summed E-state index contributed by atoms with van der Waals surface area (Å²) in [6.45, 7) is 0. The normalized spacial score (nSPS) is 15.6. The highest BCUT2D eigenvalue weighted by atomic mass is 35.5. The molecule has 2 aromatic rings. The molecule has 21 heavy (non-hydrogen) atoms. The highest BCUT2D eigenvalue weighted by molar-refractivity contribution is 6.35. The first-order valence-electron chi connectivity index (χ1n) is 6.54. The van der Waals surface area contributed by atoms with Crippen molar-refractivity contribution >= 4 is 29.1 Å². The fourth-order valence-corrected chi connectivity index (χ4v) is 2.98. The molecule has 3 rings (SSSR count). The first-order chi connectivity index (χ1) is 10.0. The van der Waals surface area contributed by atoms with Gasteiger partial charge >= 0.3 is 0 Å². The van der Waals surface area contributed by atoms with Gasteiger partial charge in [-0.05, 0) is 42.7 Å². The van der Waals surface area contributed by atoms with Crippen molar-refractivity contribution in [1.82, 2.24) is 5.32 Å². The molecule has 2 aromatic carbocycles. The van der Waals surface area contributed by atoms with Gasteiger partial charge in [-0.25, -0.2) is 4.39 Å². The van der Waals surface area contributed by atoms with Crippen LogP contribution in [0, 0.1) is 5.82 Å². The van der Waals surface area contributed by atoms with Crippen LogP contribution in [0.1, 0.15) is 28.8 Å². The number of amides is 1. The Labute approximate surface area is 131 Å². The largest absolute Gasteiger partial charge is 0.342 e. The molecule has 0 heterocycles. The molecule has 1 saturated carbocycles. The SMILES string of the molecule is O=C(NC1(c2ccc(Cl)cc2Cl)CC1)c1ccccc1F. The summed E-state index contributed by atoms with van der Waals surface area (Å²) in [5.74, 6) is -0.968. The molecule has 1 fully saturated rings. The summed E-state index contributed by atoms with van der Waals surface area (Å²) in [7, 11) is 0. The number of rotatable bonds is 3. The topological polar surface area (TPSA) is 29.1 Å². The van der Waals surface area contributed by atoms with Crippen molar-refractivity contribution in [2.24, 2.45) is 0 Å². The van der Waals surface area contributed by atoms with Crippen LogP contribution in [0.25, 0.3) is 0 Å². The minimum atomic E-state index is -0.534. The van der Waals surface area contributed by atoms with Gasteiger partial charge in [0, 0.05) is 10.0 Å². The molecular formula is C16H12Cl2FNO. The smallest absolute Gasteiger partial charge is 0.254 e. The van der Waals surface area contributed by atoms with Gasteiger partial charge in [0.15, 0.2) is 0 Å². The van der Waals surface area contributed by atoms with Crippen LogP contribution < -0.4 is 5.32 Å². The van der Waals surface area contributed by atoms with Crippen molar-refractivity contribution < 1.29 is 9.18 Å². The second-order valence-electron chi connectivity index (χ2n) is 5.14. The summed E-state index contributed by atoms with van der Waals surface area (Å²) in [6.07, 6.45) is 1.54. The van der Waals surface area contributed by atoms with Crippen LogP contribution in [0.4, 0.5) is 4.39 Å². The zero-order valence-corrected chi connectivity index (χ0v) is 12.5. The molecule has 1 amide bonds. The average molecular weight is 324 g/mol. The molecule has 5 heteroatoms. The van der Waals surface area contributed by atoms with E-state index in [1.807, 2.05) is 0 Å². The molecule has 0 saturated heterocycles. The van der Waals surface area contributed by atoms with E-state index in [4.69, 9.17) is 23.2 Å². The van der Waals surface area contributed by atoms with E-state index in [2.05, 4.69) is 5.32 Å². The van der Waals surface area contributed by atoms with E-state index in [1.165, 1.54) is 12.1 Å². The minimum Gasteiger partial charge on any atom is -0.342 e. The maximum Gasteiger partial charge on any atom is 0.254 e. The van der Waals surface area contributed by atoms with E-state index < -0.39 is 17.3 Å². The molecule has 0 unspecified atom stereocenters. The van der Waals surface area contributed by atoms with Crippen LogP contribution in [0.2, 0.25) is 10.0 Å². The van der Waals surface area contributed by atoms with Crippen LogP contribution in [-0.2, 0) is 5.54 Å². The third-order valence-electron chi connectivity index (χ3n) is 3.67. The average Bonchev–Trinajstić information content (AvgIpc) is 3.19. The van der Waals surface area contributed by atoms with Gasteiger partial charge in [0.05, 0.1) is 11.1 Å². The maximum absolute atomic E-state index is 13.7. The maximum atomic E-state index is 13.7. The van der Waals surface area contributed by atoms with Crippen LogP contribution >= 0.6 is 23.2 Å². The molecule has 0 atom stereocenters. The second-order valence-corrected chi connectivity index (χ2v) is 5.98. The monoisotopic (exact) mass is 323 g/mol. The molecule has 0 bridgehead atoms. The summed E-state index contributed by atoms with van der Waals surface area (Å²) in [6, 6.07) is 11.1. The van der Waals surface area contributed by atoms with Crippen molar-refractivity contribution in [3.05, 3.63) is 69.5 Å². The van der Waals surface area contributed by atoms with Crippen LogP contribution in [0.3, 0.4) is 0 Å². The number of benzene rings is 2. The zero-order valence-electron chi connectivity index (χ0n) is 11.0. The summed E-state index contributed by atoms with van der Waals surface area (Å²) in [4.78, 5) is 12.3. The van der Waals surface area contributed by atoms with Gasteiger partial charge in [-0.2, -0.15) is 0 Å². The lowest BCUT2D eigenvalue weighted by molar-refractivity contribution is 0.0927. The van der Waals surface area contributed by atoms with Crippen LogP contribution in [-0.4, -0.2) is 5.91 Å². The molecular weight excluding hydrogens is 312 g/mol. The lowest BCUT2D eigenvalue weighted by atomic mass is 10.0. The van der Waals surface area contributed by atoms with Gasteiger partial charge in [-0.3, -0.25) is 4.79 Å². The molecule has 1 N–H and O–H groups in total. The number of carbonyl (C=O) groups is 1. The molecule has 0 aliphatic heterocycles. The van der Waals surface area contributed by atoms with Gasteiger partial charge in [0.25, 0.3) is 5.91 Å². The number of hydrogen-bond donors (Lipinski definition) is 1. The van der Waals surface area contributed by atoms with Gasteiger partial charge in [0.2, 0.25) is 0 Å². The fourth-order valence-electron chi connectivity index (χ4n) is 2.39. The third-order valence-corrected chi connectivity index (χ3v) is 4.22. The molecule has 0 spiro atoms. The number of halogens is 3. The van der Waals surface area contributed by atoms with Crippen molar-refractivity contribution in [1.29, 1.82) is 0 Å². The third kappa shape index (κ3) is 2.76.